The highest BCUT2D eigenvalue weighted by molar-refractivity contribution is 4.69. The number of ether oxygens (including phenoxy) is 1. The van der Waals surface area contributed by atoms with Gasteiger partial charge >= 0.3 is 0 Å². The predicted molar refractivity (Wildman–Crippen MR) is 44.2 cm³/mol. The molecular weight excluding hydrogens is 140 g/mol. The summed E-state index contributed by atoms with van der Waals surface area (Å²) >= 11 is 0. The van der Waals surface area contributed by atoms with Crippen molar-refractivity contribution < 1.29 is 4.74 Å². The van der Waals surface area contributed by atoms with Crippen molar-refractivity contribution >= 4 is 0 Å². The number of likely N-dealkylation sites (N-methyl/N-ethyl adjacent to an activating group) is 1. The summed E-state index contributed by atoms with van der Waals surface area (Å²) in [5.74, 6) is 0. The topological polar surface area (TPSA) is 36.3 Å². The quantitative estimate of drug-likeness (QED) is 0.535. The van der Waals surface area contributed by atoms with Gasteiger partial charge in [0.15, 0.2) is 0 Å². The summed E-state index contributed by atoms with van der Waals surface area (Å²) < 4.78 is 4.91. The predicted octanol–water partition coefficient (Wildman–Crippen LogP) is 0.868. The Labute approximate surface area is 68.6 Å². The molecule has 3 heteroatoms. The zero-order valence-electron chi connectivity index (χ0n) is 7.34. The molecule has 0 aliphatic heterocycles. The first-order valence-electron chi connectivity index (χ1n) is 3.85. The Bertz CT molecular complexity index is 120. The van der Waals surface area contributed by atoms with E-state index in [2.05, 4.69) is 11.0 Å². The number of methoxy groups -OCH3 is 1. The van der Waals surface area contributed by atoms with E-state index in [1.165, 1.54) is 0 Å². The number of nitrogens with zero attached hydrogens (tertiary/aromatic N) is 2. The van der Waals surface area contributed by atoms with Crippen LogP contribution >= 0.6 is 0 Å². The summed E-state index contributed by atoms with van der Waals surface area (Å²) in [6.07, 6.45) is 1.61. The van der Waals surface area contributed by atoms with Gasteiger partial charge in [0.05, 0.1) is 12.7 Å². The molecule has 0 aliphatic rings. The molecule has 0 atom stereocenters. The summed E-state index contributed by atoms with van der Waals surface area (Å²) in [7, 11) is 3.74. The molecule has 0 radical (unpaired) electrons. The van der Waals surface area contributed by atoms with E-state index in [0.29, 0.717) is 6.42 Å². The summed E-state index contributed by atoms with van der Waals surface area (Å²) in [6.45, 7) is 2.70. The Hall–Kier alpha value is -0.590. The maximum absolute atomic E-state index is 8.26. The minimum Gasteiger partial charge on any atom is -0.383 e. The smallest absolute Gasteiger partial charge is 0.0622 e. The van der Waals surface area contributed by atoms with E-state index in [1.54, 1.807) is 7.11 Å². The molecule has 0 aromatic carbocycles. The van der Waals surface area contributed by atoms with Gasteiger partial charge in [-0.05, 0) is 20.0 Å². The molecule has 0 fully saturated rings. The number of rotatable bonds is 6. The molecule has 3 nitrogen and oxygen atoms in total. The molecule has 11 heavy (non-hydrogen) atoms. The van der Waals surface area contributed by atoms with Gasteiger partial charge in [0.25, 0.3) is 0 Å². The van der Waals surface area contributed by atoms with Crippen LogP contribution in [0.25, 0.3) is 0 Å². The largest absolute Gasteiger partial charge is 0.383 e. The van der Waals surface area contributed by atoms with Crippen molar-refractivity contribution in [3.63, 3.8) is 0 Å². The fraction of sp³-hybridized carbons (Fsp3) is 0.875. The summed E-state index contributed by atoms with van der Waals surface area (Å²) in [5.41, 5.74) is 0. The molecule has 0 aromatic heterocycles. The number of hydrogen-bond acceptors (Lipinski definition) is 3. The second-order valence-electron chi connectivity index (χ2n) is 2.56. The molecule has 64 valence electrons. The van der Waals surface area contributed by atoms with Gasteiger partial charge in [-0.15, -0.1) is 0 Å². The third-order valence-electron chi connectivity index (χ3n) is 1.51. The summed E-state index contributed by atoms with van der Waals surface area (Å²) in [4.78, 5) is 2.17. The number of hydrogen-bond donors (Lipinski definition) is 0. The summed E-state index contributed by atoms with van der Waals surface area (Å²) in [6, 6.07) is 2.12. The van der Waals surface area contributed by atoms with E-state index < -0.39 is 0 Å². The van der Waals surface area contributed by atoms with Crippen LogP contribution in [0.4, 0.5) is 0 Å². The molecule has 0 aromatic rings. The Balaban J connectivity index is 3.10. The Morgan fingerprint density at radius 1 is 1.45 bits per heavy atom. The molecule has 0 saturated heterocycles. The molecule has 0 amide bonds. The van der Waals surface area contributed by atoms with Gasteiger partial charge < -0.3 is 9.64 Å². The van der Waals surface area contributed by atoms with Crippen LogP contribution in [-0.2, 0) is 4.74 Å². The fourth-order valence-corrected chi connectivity index (χ4v) is 0.787. The van der Waals surface area contributed by atoms with E-state index in [0.717, 1.165) is 26.1 Å². The zero-order valence-corrected chi connectivity index (χ0v) is 7.34. The molecule has 0 rings (SSSR count). The van der Waals surface area contributed by atoms with Crippen molar-refractivity contribution in [2.45, 2.75) is 12.8 Å². The zero-order chi connectivity index (χ0) is 8.53. The maximum Gasteiger partial charge on any atom is 0.0622 e. The summed E-state index contributed by atoms with van der Waals surface area (Å²) in [5, 5.41) is 8.26. The highest BCUT2D eigenvalue weighted by Gasteiger charge is 1.95. The maximum atomic E-state index is 8.26. The van der Waals surface area contributed by atoms with Crippen LogP contribution in [0.1, 0.15) is 12.8 Å². The van der Waals surface area contributed by atoms with Crippen molar-refractivity contribution in [2.24, 2.45) is 0 Å². The van der Waals surface area contributed by atoms with Crippen LogP contribution < -0.4 is 0 Å². The third kappa shape index (κ3) is 7.31. The lowest BCUT2D eigenvalue weighted by Crippen LogP contribution is -2.23. The molecule has 0 saturated carbocycles. The molecule has 0 aliphatic carbocycles. The normalized spacial score (nSPS) is 10.0. The Morgan fingerprint density at radius 3 is 2.73 bits per heavy atom. The van der Waals surface area contributed by atoms with Crippen molar-refractivity contribution in [1.29, 1.82) is 5.26 Å². The van der Waals surface area contributed by atoms with E-state index in [4.69, 9.17) is 10.00 Å². The van der Waals surface area contributed by atoms with E-state index in [-0.39, 0.29) is 0 Å². The lowest BCUT2D eigenvalue weighted by Gasteiger charge is -2.14. The molecular formula is C8H16N2O. The second kappa shape index (κ2) is 7.52. The highest BCUT2D eigenvalue weighted by atomic mass is 16.5. The van der Waals surface area contributed by atoms with Crippen LogP contribution in [0, 0.1) is 11.3 Å². The van der Waals surface area contributed by atoms with Crippen molar-refractivity contribution in [3.05, 3.63) is 0 Å². The molecule has 0 heterocycles. The van der Waals surface area contributed by atoms with Gasteiger partial charge in [-0.1, -0.05) is 0 Å². The fourth-order valence-electron chi connectivity index (χ4n) is 0.787. The first-order chi connectivity index (χ1) is 5.31. The molecule has 0 bridgehead atoms. The van der Waals surface area contributed by atoms with E-state index >= 15 is 0 Å². The second-order valence-corrected chi connectivity index (χ2v) is 2.56. The highest BCUT2D eigenvalue weighted by Crippen LogP contribution is 1.90. The van der Waals surface area contributed by atoms with Crippen LogP contribution in [0.3, 0.4) is 0 Å². The molecule has 0 spiro atoms. The Morgan fingerprint density at radius 2 is 2.18 bits per heavy atom. The van der Waals surface area contributed by atoms with Crippen molar-refractivity contribution in [1.82, 2.24) is 4.90 Å². The average Bonchev–Trinajstić information content (AvgIpc) is 2.01. The van der Waals surface area contributed by atoms with E-state index in [1.807, 2.05) is 7.05 Å². The molecule has 0 N–H and O–H groups in total. The monoisotopic (exact) mass is 156 g/mol. The Kier molecular flexibility index (Phi) is 7.11. The van der Waals surface area contributed by atoms with Gasteiger partial charge in [-0.3, -0.25) is 0 Å². The first kappa shape index (κ1) is 10.4. The van der Waals surface area contributed by atoms with Crippen LogP contribution in [0.15, 0.2) is 0 Å². The third-order valence-corrected chi connectivity index (χ3v) is 1.51. The van der Waals surface area contributed by atoms with Gasteiger partial charge in [0, 0.05) is 20.1 Å². The van der Waals surface area contributed by atoms with E-state index in [9.17, 15) is 0 Å². The minimum absolute atomic E-state index is 0.650. The SMILES string of the molecule is COCCN(C)CCCC#N. The van der Waals surface area contributed by atoms with Gasteiger partial charge in [0.1, 0.15) is 0 Å². The molecule has 0 unspecified atom stereocenters. The lowest BCUT2D eigenvalue weighted by molar-refractivity contribution is 0.161. The standard InChI is InChI=1S/C8H16N2O/c1-10(7-8-11-2)6-4-3-5-9/h3-4,6-8H2,1-2H3. The average molecular weight is 156 g/mol. The van der Waals surface area contributed by atoms with Crippen LogP contribution in [0.5, 0.6) is 0 Å². The van der Waals surface area contributed by atoms with Gasteiger partial charge in [-0.25, -0.2) is 0 Å². The lowest BCUT2D eigenvalue weighted by atomic mass is 10.3. The number of unbranched alkanes of at least 4 members (excludes halogenated alkanes) is 1. The van der Waals surface area contributed by atoms with Crippen molar-refractivity contribution in [3.8, 4) is 6.07 Å². The minimum atomic E-state index is 0.650. The van der Waals surface area contributed by atoms with Crippen LogP contribution in [-0.4, -0.2) is 38.8 Å². The van der Waals surface area contributed by atoms with Gasteiger partial charge in [0.2, 0.25) is 0 Å². The number of nitriles is 1. The van der Waals surface area contributed by atoms with Crippen molar-refractivity contribution in [2.75, 3.05) is 33.9 Å². The van der Waals surface area contributed by atoms with Gasteiger partial charge in [-0.2, -0.15) is 5.26 Å². The first-order valence-corrected chi connectivity index (χ1v) is 3.85. The van der Waals surface area contributed by atoms with Crippen LogP contribution in [0.2, 0.25) is 0 Å².